The first-order valence-electron chi connectivity index (χ1n) is 10.1. The minimum atomic E-state index is 0.105. The van der Waals surface area contributed by atoms with Gasteiger partial charge in [-0.2, -0.15) is 0 Å². The molecule has 0 amide bonds. The molecule has 0 aliphatic carbocycles. The third-order valence-corrected chi connectivity index (χ3v) is 5.12. The van der Waals surface area contributed by atoms with Gasteiger partial charge in [-0.1, -0.05) is 13.8 Å². The molecule has 1 N–H and O–H groups in total. The molecule has 156 valence electrons. The fourth-order valence-corrected chi connectivity index (χ4v) is 3.40. The lowest BCUT2D eigenvalue weighted by molar-refractivity contribution is 0.0386. The summed E-state index contributed by atoms with van der Waals surface area (Å²) in [6.07, 6.45) is 5.62. The van der Waals surface area contributed by atoms with Crippen molar-refractivity contribution >= 4 is 11.8 Å². The van der Waals surface area contributed by atoms with Gasteiger partial charge in [-0.3, -0.25) is 10.2 Å². The molecule has 8 nitrogen and oxygen atoms in total. The fourth-order valence-electron chi connectivity index (χ4n) is 3.40. The normalized spacial score (nSPS) is 20.3. The molecule has 0 aromatic carbocycles. The van der Waals surface area contributed by atoms with Gasteiger partial charge in [0.05, 0.1) is 12.8 Å². The summed E-state index contributed by atoms with van der Waals surface area (Å²) < 4.78 is 11.3. The van der Waals surface area contributed by atoms with Gasteiger partial charge in [0.1, 0.15) is 18.2 Å². The Kier molecular flexibility index (Phi) is 7.35. The van der Waals surface area contributed by atoms with Crippen LogP contribution >= 0.6 is 0 Å². The third-order valence-electron chi connectivity index (χ3n) is 5.12. The topological polar surface area (TPSA) is 84.8 Å². The van der Waals surface area contributed by atoms with E-state index in [1.807, 2.05) is 12.1 Å². The van der Waals surface area contributed by atoms with Gasteiger partial charge >= 0.3 is 0 Å². The average molecular weight is 399 g/mol. The van der Waals surface area contributed by atoms with Crippen molar-refractivity contribution in [3.05, 3.63) is 30.7 Å². The fraction of sp³-hybridized carbons (Fsp3) is 0.524. The Hall–Kier alpha value is -2.74. The van der Waals surface area contributed by atoms with Crippen molar-refractivity contribution in [3.8, 4) is 17.1 Å². The molecule has 3 rings (SSSR count). The Morgan fingerprint density at radius 1 is 1.31 bits per heavy atom. The summed E-state index contributed by atoms with van der Waals surface area (Å²) in [5.74, 6) is 1.67. The number of nitrogens with zero attached hydrogens (tertiary/aromatic N) is 5. The van der Waals surface area contributed by atoms with Crippen LogP contribution in [0.1, 0.15) is 26.7 Å². The monoisotopic (exact) mass is 398 g/mol. The molecule has 0 spiro atoms. The SMILES string of the molecule is CCCN1CCC(C)C(OC(=NC)Nc2cc(-c3ccc(OC)nc3)ncn2)C1. The lowest BCUT2D eigenvalue weighted by atomic mass is 9.96. The first-order chi connectivity index (χ1) is 14.1. The molecule has 1 fully saturated rings. The molecule has 1 aliphatic rings. The molecule has 1 aliphatic heterocycles. The van der Waals surface area contributed by atoms with Crippen LogP contribution in [0.5, 0.6) is 5.88 Å². The van der Waals surface area contributed by atoms with Gasteiger partial charge in [0.2, 0.25) is 5.88 Å². The lowest BCUT2D eigenvalue weighted by Crippen LogP contribution is -2.46. The van der Waals surface area contributed by atoms with E-state index < -0.39 is 0 Å². The van der Waals surface area contributed by atoms with E-state index in [4.69, 9.17) is 9.47 Å². The van der Waals surface area contributed by atoms with Crippen LogP contribution in [0.3, 0.4) is 0 Å². The molecule has 0 radical (unpaired) electrons. The number of rotatable bonds is 6. The second-order valence-electron chi connectivity index (χ2n) is 7.25. The second kappa shape index (κ2) is 10.2. The molecule has 2 unspecified atom stereocenters. The van der Waals surface area contributed by atoms with Gasteiger partial charge < -0.3 is 9.47 Å². The molecule has 1 saturated heterocycles. The number of aromatic nitrogens is 3. The predicted octanol–water partition coefficient (Wildman–Crippen LogP) is 3.08. The smallest absolute Gasteiger partial charge is 0.290 e. The summed E-state index contributed by atoms with van der Waals surface area (Å²) in [6, 6.07) is 6.04. The molecule has 0 bridgehead atoms. The maximum absolute atomic E-state index is 6.22. The molecule has 2 atom stereocenters. The Morgan fingerprint density at radius 2 is 2.17 bits per heavy atom. The van der Waals surface area contributed by atoms with E-state index in [0.717, 1.165) is 43.7 Å². The third kappa shape index (κ3) is 5.63. The number of likely N-dealkylation sites (tertiary alicyclic amines) is 1. The maximum Gasteiger partial charge on any atom is 0.290 e. The molecule has 2 aromatic rings. The van der Waals surface area contributed by atoms with E-state index in [2.05, 4.69) is 44.0 Å². The van der Waals surface area contributed by atoms with Gasteiger partial charge in [-0.15, -0.1) is 0 Å². The number of anilines is 1. The lowest BCUT2D eigenvalue weighted by Gasteiger charge is -2.36. The van der Waals surface area contributed by atoms with Crippen molar-refractivity contribution in [3.63, 3.8) is 0 Å². The highest BCUT2D eigenvalue weighted by Crippen LogP contribution is 2.22. The molecule has 0 saturated carbocycles. The second-order valence-corrected chi connectivity index (χ2v) is 7.25. The zero-order valence-electron chi connectivity index (χ0n) is 17.6. The standard InChI is InChI=1S/C21H30N6O2/c1-5-9-27-10-8-15(2)18(13-27)29-21(22-3)26-19-11-17(24-14-25-19)16-6-7-20(28-4)23-12-16/h6-7,11-12,14-15,18H,5,8-10,13H2,1-4H3,(H,22,24,25,26). The first kappa shape index (κ1) is 21.0. The van der Waals surface area contributed by atoms with E-state index >= 15 is 0 Å². The van der Waals surface area contributed by atoms with Crippen LogP contribution < -0.4 is 10.1 Å². The van der Waals surface area contributed by atoms with Crippen LogP contribution in [-0.2, 0) is 4.74 Å². The van der Waals surface area contributed by atoms with Gasteiger partial charge in [-0.05, 0) is 37.9 Å². The molecular weight excluding hydrogens is 368 g/mol. The quantitative estimate of drug-likeness (QED) is 0.591. The van der Waals surface area contributed by atoms with Gasteiger partial charge in [0.15, 0.2) is 0 Å². The van der Waals surface area contributed by atoms with Crippen LogP contribution in [0.4, 0.5) is 5.82 Å². The largest absolute Gasteiger partial charge is 0.481 e. The van der Waals surface area contributed by atoms with Crippen LogP contribution in [0.2, 0.25) is 0 Å². The number of pyridine rings is 1. The zero-order valence-corrected chi connectivity index (χ0v) is 17.6. The van der Waals surface area contributed by atoms with Crippen LogP contribution in [0.25, 0.3) is 11.3 Å². The predicted molar refractivity (Wildman–Crippen MR) is 114 cm³/mol. The zero-order chi connectivity index (χ0) is 20.6. The highest BCUT2D eigenvalue weighted by molar-refractivity contribution is 5.88. The van der Waals surface area contributed by atoms with Crippen molar-refractivity contribution < 1.29 is 9.47 Å². The van der Waals surface area contributed by atoms with Gasteiger partial charge in [-0.25, -0.2) is 19.9 Å². The number of piperidine rings is 1. The van der Waals surface area contributed by atoms with Crippen LogP contribution in [0, 0.1) is 5.92 Å². The minimum Gasteiger partial charge on any atom is -0.481 e. The summed E-state index contributed by atoms with van der Waals surface area (Å²) in [7, 11) is 3.31. The molecule has 8 heteroatoms. The molecule has 2 aromatic heterocycles. The van der Waals surface area contributed by atoms with Crippen molar-refractivity contribution in [2.24, 2.45) is 10.9 Å². The van der Waals surface area contributed by atoms with Crippen molar-refractivity contribution in [1.29, 1.82) is 0 Å². The van der Waals surface area contributed by atoms with Gasteiger partial charge in [0, 0.05) is 37.5 Å². The minimum absolute atomic E-state index is 0.105. The van der Waals surface area contributed by atoms with Gasteiger partial charge in [0.25, 0.3) is 6.02 Å². The number of methoxy groups -OCH3 is 1. The number of nitrogens with one attached hydrogen (secondary N) is 1. The summed E-state index contributed by atoms with van der Waals surface area (Å²) >= 11 is 0. The van der Waals surface area contributed by atoms with E-state index in [9.17, 15) is 0 Å². The van der Waals surface area contributed by atoms with Crippen molar-refractivity contribution in [2.45, 2.75) is 32.8 Å². The van der Waals surface area contributed by atoms with E-state index in [-0.39, 0.29) is 6.10 Å². The Balaban J connectivity index is 1.67. The molecular formula is C21H30N6O2. The maximum atomic E-state index is 6.22. The van der Waals surface area contributed by atoms with Crippen LogP contribution in [-0.4, -0.2) is 65.8 Å². The first-order valence-corrected chi connectivity index (χ1v) is 10.1. The van der Waals surface area contributed by atoms with E-state index in [1.165, 1.54) is 6.33 Å². The number of amidine groups is 1. The molecule has 29 heavy (non-hydrogen) atoms. The summed E-state index contributed by atoms with van der Waals surface area (Å²) in [5.41, 5.74) is 1.64. The Labute approximate surface area is 172 Å². The Bertz CT molecular complexity index is 811. The number of hydrogen-bond acceptors (Lipinski definition) is 7. The number of ether oxygens (including phenoxy) is 2. The average Bonchev–Trinajstić information content (AvgIpc) is 2.76. The summed E-state index contributed by atoms with van der Waals surface area (Å²) in [4.78, 5) is 19.6. The van der Waals surface area contributed by atoms with E-state index in [0.29, 0.717) is 23.6 Å². The summed E-state index contributed by atoms with van der Waals surface area (Å²) in [6.45, 7) is 7.60. The molecule has 3 heterocycles. The number of aliphatic imine (C=N–C) groups is 1. The van der Waals surface area contributed by atoms with Crippen molar-refractivity contribution in [2.75, 3.05) is 39.1 Å². The highest BCUT2D eigenvalue weighted by Gasteiger charge is 2.28. The number of hydrogen-bond donors (Lipinski definition) is 1. The Morgan fingerprint density at radius 3 is 2.86 bits per heavy atom. The highest BCUT2D eigenvalue weighted by atomic mass is 16.5. The van der Waals surface area contributed by atoms with Crippen molar-refractivity contribution in [1.82, 2.24) is 19.9 Å². The summed E-state index contributed by atoms with van der Waals surface area (Å²) in [5, 5.41) is 3.19. The van der Waals surface area contributed by atoms with Crippen LogP contribution in [0.15, 0.2) is 35.7 Å². The van der Waals surface area contributed by atoms with E-state index in [1.54, 1.807) is 26.4 Å².